The highest BCUT2D eigenvalue weighted by Crippen LogP contribution is 2.27. The Labute approximate surface area is 76.3 Å². The fourth-order valence-corrected chi connectivity index (χ4v) is 1.21. The summed E-state index contributed by atoms with van der Waals surface area (Å²) in [5, 5.41) is 8.99. The van der Waals surface area contributed by atoms with Crippen LogP contribution in [0.1, 0.15) is 5.56 Å². The minimum Gasteiger partial charge on any atom is -0.495 e. The van der Waals surface area contributed by atoms with Crippen LogP contribution >= 0.6 is 11.6 Å². The van der Waals surface area contributed by atoms with E-state index in [1.165, 1.54) is 0 Å². The first-order chi connectivity index (χ1) is 5.79. The van der Waals surface area contributed by atoms with Crippen molar-refractivity contribution in [2.75, 3.05) is 7.11 Å². The molecule has 1 rings (SSSR count). The van der Waals surface area contributed by atoms with Crippen LogP contribution in [-0.2, 0) is 6.42 Å². The lowest BCUT2D eigenvalue weighted by molar-refractivity contribution is 0.414. The van der Waals surface area contributed by atoms with Gasteiger partial charge in [-0.1, -0.05) is 23.7 Å². The predicted octanol–water partition coefficient (Wildman–Crippen LogP) is 2.41. The fraction of sp³-hybridized carbons (Fsp3) is 0.222. The van der Waals surface area contributed by atoms with Gasteiger partial charge in [0.05, 0.1) is 24.6 Å². The van der Waals surface area contributed by atoms with Gasteiger partial charge in [0.1, 0.15) is 5.75 Å². The van der Waals surface area contributed by atoms with Gasteiger partial charge < -0.3 is 4.74 Å². The van der Waals surface area contributed by atoms with Crippen molar-refractivity contribution in [1.29, 1.82) is 5.26 Å². The topological polar surface area (TPSA) is 33.0 Å². The van der Waals surface area contributed by atoms with Crippen LogP contribution < -0.4 is 4.74 Å². The number of nitriles is 1. The highest BCUT2D eigenvalue weighted by atomic mass is 35.5. The van der Waals surface area contributed by atoms with Crippen LogP contribution in [0.3, 0.4) is 0 Å². The zero-order valence-electron chi connectivity index (χ0n) is 6.67. The molecular formula is C9H8ClNO. The summed E-state index contributed by atoms with van der Waals surface area (Å²) in [6.45, 7) is 0. The van der Waals surface area contributed by atoms with Crippen LogP contribution in [0, 0.1) is 11.3 Å². The van der Waals surface area contributed by atoms with Crippen LogP contribution in [-0.4, -0.2) is 7.11 Å². The number of benzene rings is 1. The third kappa shape index (κ3) is 1.69. The molecule has 0 spiro atoms. The molecule has 2 nitrogen and oxygen atoms in total. The summed E-state index contributed by atoms with van der Waals surface area (Å²) >= 11 is 5.91. The van der Waals surface area contributed by atoms with Crippen LogP contribution in [0.4, 0.5) is 0 Å². The second kappa shape index (κ2) is 3.99. The number of methoxy groups -OCH3 is 1. The third-order valence-electron chi connectivity index (χ3n) is 1.53. The van der Waals surface area contributed by atoms with E-state index < -0.39 is 0 Å². The van der Waals surface area contributed by atoms with Gasteiger partial charge in [-0.2, -0.15) is 5.26 Å². The number of ether oxygens (including phenoxy) is 1. The highest BCUT2D eigenvalue weighted by molar-refractivity contribution is 6.32. The van der Waals surface area contributed by atoms with Crippen molar-refractivity contribution in [3.8, 4) is 11.8 Å². The Balaban J connectivity index is 3.07. The van der Waals surface area contributed by atoms with E-state index in [1.807, 2.05) is 18.2 Å². The van der Waals surface area contributed by atoms with Crippen molar-refractivity contribution in [2.45, 2.75) is 6.42 Å². The molecule has 0 aliphatic carbocycles. The van der Waals surface area contributed by atoms with Crippen molar-refractivity contribution >= 4 is 11.6 Å². The predicted molar refractivity (Wildman–Crippen MR) is 47.3 cm³/mol. The molecule has 0 aromatic heterocycles. The maximum absolute atomic E-state index is 8.46. The first kappa shape index (κ1) is 8.89. The fourth-order valence-electron chi connectivity index (χ4n) is 0.936. The monoisotopic (exact) mass is 181 g/mol. The SMILES string of the molecule is COc1cccc(CC#N)c1Cl. The highest BCUT2D eigenvalue weighted by Gasteiger charge is 2.04. The molecule has 1 aromatic carbocycles. The van der Waals surface area contributed by atoms with E-state index in [1.54, 1.807) is 13.2 Å². The first-order valence-corrected chi connectivity index (χ1v) is 3.85. The summed E-state index contributed by atoms with van der Waals surface area (Å²) < 4.78 is 4.99. The van der Waals surface area contributed by atoms with E-state index in [0.29, 0.717) is 17.2 Å². The molecule has 0 aliphatic rings. The molecule has 0 saturated heterocycles. The van der Waals surface area contributed by atoms with Crippen molar-refractivity contribution in [2.24, 2.45) is 0 Å². The summed E-state index contributed by atoms with van der Waals surface area (Å²) in [6, 6.07) is 7.43. The average Bonchev–Trinajstić information content (AvgIpc) is 2.09. The van der Waals surface area contributed by atoms with Crippen molar-refractivity contribution in [3.63, 3.8) is 0 Å². The van der Waals surface area contributed by atoms with E-state index in [0.717, 1.165) is 5.56 Å². The van der Waals surface area contributed by atoms with Crippen molar-refractivity contribution in [3.05, 3.63) is 28.8 Å². The largest absolute Gasteiger partial charge is 0.495 e. The van der Waals surface area contributed by atoms with Crippen molar-refractivity contribution in [1.82, 2.24) is 0 Å². The van der Waals surface area contributed by atoms with Crippen molar-refractivity contribution < 1.29 is 4.74 Å². The number of nitrogens with zero attached hydrogens (tertiary/aromatic N) is 1. The van der Waals surface area contributed by atoms with Gasteiger partial charge in [0.2, 0.25) is 0 Å². The Kier molecular flexibility index (Phi) is 2.95. The molecule has 1 aromatic rings. The third-order valence-corrected chi connectivity index (χ3v) is 1.96. The Morgan fingerprint density at radius 3 is 2.92 bits per heavy atom. The van der Waals surface area contributed by atoms with E-state index >= 15 is 0 Å². The van der Waals surface area contributed by atoms with E-state index in [-0.39, 0.29) is 0 Å². The van der Waals surface area contributed by atoms with Gasteiger partial charge in [-0.15, -0.1) is 0 Å². The lowest BCUT2D eigenvalue weighted by Gasteiger charge is -2.04. The lowest BCUT2D eigenvalue weighted by Crippen LogP contribution is -1.88. The number of hydrogen-bond donors (Lipinski definition) is 0. The zero-order chi connectivity index (χ0) is 8.97. The number of rotatable bonds is 2. The van der Waals surface area contributed by atoms with Gasteiger partial charge in [-0.05, 0) is 11.6 Å². The molecule has 0 saturated carbocycles. The Morgan fingerprint density at radius 2 is 2.33 bits per heavy atom. The van der Waals surface area contributed by atoms with Gasteiger partial charge >= 0.3 is 0 Å². The summed E-state index contributed by atoms with van der Waals surface area (Å²) in [6.07, 6.45) is 0.316. The number of halogens is 1. The van der Waals surface area contributed by atoms with Gasteiger partial charge in [0.15, 0.2) is 0 Å². The average molecular weight is 182 g/mol. The molecule has 0 radical (unpaired) electrons. The molecule has 0 amide bonds. The Morgan fingerprint density at radius 1 is 1.58 bits per heavy atom. The van der Waals surface area contributed by atoms with Crippen LogP contribution in [0.25, 0.3) is 0 Å². The lowest BCUT2D eigenvalue weighted by atomic mass is 10.1. The van der Waals surface area contributed by atoms with Crippen LogP contribution in [0.15, 0.2) is 18.2 Å². The van der Waals surface area contributed by atoms with Gasteiger partial charge in [0, 0.05) is 0 Å². The smallest absolute Gasteiger partial charge is 0.137 e. The molecule has 0 fully saturated rings. The minimum absolute atomic E-state index is 0.316. The molecule has 0 aliphatic heterocycles. The van der Waals surface area contributed by atoms with Gasteiger partial charge in [0.25, 0.3) is 0 Å². The Bertz CT molecular complexity index is 317. The molecule has 62 valence electrons. The van der Waals surface area contributed by atoms with Crippen LogP contribution in [0.5, 0.6) is 5.75 Å². The summed E-state index contributed by atoms with van der Waals surface area (Å²) in [4.78, 5) is 0. The van der Waals surface area contributed by atoms with Gasteiger partial charge in [-0.3, -0.25) is 0 Å². The Hall–Kier alpha value is -1.20. The molecule has 3 heteroatoms. The maximum Gasteiger partial charge on any atom is 0.137 e. The molecule has 0 atom stereocenters. The second-order valence-corrected chi connectivity index (χ2v) is 2.65. The van der Waals surface area contributed by atoms with E-state index in [2.05, 4.69) is 0 Å². The zero-order valence-corrected chi connectivity index (χ0v) is 7.43. The molecular weight excluding hydrogens is 174 g/mol. The molecule has 12 heavy (non-hydrogen) atoms. The molecule has 0 heterocycles. The first-order valence-electron chi connectivity index (χ1n) is 3.48. The second-order valence-electron chi connectivity index (χ2n) is 2.27. The summed E-state index contributed by atoms with van der Waals surface area (Å²) in [5.74, 6) is 0.615. The normalized spacial score (nSPS) is 9.08. The standard InChI is InChI=1S/C9H8ClNO/c1-12-8-4-2-3-7(5-6-11)9(8)10/h2-4H,5H2,1H3. The number of hydrogen-bond acceptors (Lipinski definition) is 2. The molecule has 0 N–H and O–H groups in total. The van der Waals surface area contributed by atoms with E-state index in [9.17, 15) is 0 Å². The van der Waals surface area contributed by atoms with E-state index in [4.69, 9.17) is 21.6 Å². The quantitative estimate of drug-likeness (QED) is 0.702. The maximum atomic E-state index is 8.46. The molecule has 0 bridgehead atoms. The molecule has 0 unspecified atom stereocenters. The van der Waals surface area contributed by atoms with Crippen LogP contribution in [0.2, 0.25) is 5.02 Å². The summed E-state index contributed by atoms with van der Waals surface area (Å²) in [7, 11) is 1.55. The van der Waals surface area contributed by atoms with Gasteiger partial charge in [-0.25, -0.2) is 0 Å². The summed E-state index contributed by atoms with van der Waals surface area (Å²) in [5.41, 5.74) is 0.804. The minimum atomic E-state index is 0.316.